The number of carbonyl (C=O) groups is 1. The summed E-state index contributed by atoms with van der Waals surface area (Å²) in [5.74, 6) is 0.698. The molecule has 0 saturated heterocycles. The van der Waals surface area contributed by atoms with Gasteiger partial charge in [0.2, 0.25) is 0 Å². The highest BCUT2D eigenvalue weighted by atomic mass is 16.1. The van der Waals surface area contributed by atoms with Crippen LogP contribution in [0.3, 0.4) is 0 Å². The van der Waals surface area contributed by atoms with Crippen LogP contribution in [0.25, 0.3) is 11.6 Å². The third-order valence-electron chi connectivity index (χ3n) is 5.53. The van der Waals surface area contributed by atoms with Crippen LogP contribution in [0.4, 0.5) is 0 Å². The third-order valence-corrected chi connectivity index (χ3v) is 5.53. The van der Waals surface area contributed by atoms with Gasteiger partial charge >= 0.3 is 0 Å². The predicted molar refractivity (Wildman–Crippen MR) is 94.6 cm³/mol. The maximum atomic E-state index is 12.9. The SMILES string of the molecule is CCC1=c2ccc3c(c2C(CC)CC1)C(=O)C=c1ccccc1=3. The minimum absolute atomic E-state index is 0.186. The van der Waals surface area contributed by atoms with E-state index in [1.165, 1.54) is 34.4 Å². The molecule has 2 aromatic carbocycles. The van der Waals surface area contributed by atoms with Crippen molar-refractivity contribution < 1.29 is 4.79 Å². The summed E-state index contributed by atoms with van der Waals surface area (Å²) in [6, 6.07) is 12.7. The van der Waals surface area contributed by atoms with Gasteiger partial charge in [0.1, 0.15) is 0 Å². The average molecular weight is 302 g/mol. The van der Waals surface area contributed by atoms with Crippen LogP contribution in [0.5, 0.6) is 0 Å². The van der Waals surface area contributed by atoms with Gasteiger partial charge in [-0.05, 0) is 64.1 Å². The summed E-state index contributed by atoms with van der Waals surface area (Å²) in [7, 11) is 0. The number of ketones is 1. The molecule has 2 aliphatic rings. The monoisotopic (exact) mass is 302 g/mol. The maximum Gasteiger partial charge on any atom is 0.187 e. The first kappa shape index (κ1) is 14.4. The van der Waals surface area contributed by atoms with Crippen molar-refractivity contribution >= 4 is 17.4 Å². The van der Waals surface area contributed by atoms with Crippen LogP contribution in [-0.4, -0.2) is 5.78 Å². The van der Waals surface area contributed by atoms with Gasteiger partial charge in [0.15, 0.2) is 5.78 Å². The third kappa shape index (κ3) is 2.10. The van der Waals surface area contributed by atoms with Gasteiger partial charge in [-0.3, -0.25) is 4.79 Å². The molecule has 4 rings (SSSR count). The minimum Gasteiger partial charge on any atom is -0.289 e. The molecule has 0 radical (unpaired) electrons. The topological polar surface area (TPSA) is 17.1 Å². The fourth-order valence-electron chi connectivity index (χ4n) is 4.33. The zero-order chi connectivity index (χ0) is 16.0. The maximum absolute atomic E-state index is 12.9. The minimum atomic E-state index is 0.186. The van der Waals surface area contributed by atoms with Gasteiger partial charge < -0.3 is 0 Å². The summed E-state index contributed by atoms with van der Waals surface area (Å²) in [5.41, 5.74) is 3.81. The Morgan fingerprint density at radius 2 is 1.78 bits per heavy atom. The Morgan fingerprint density at radius 3 is 2.57 bits per heavy atom. The van der Waals surface area contributed by atoms with Gasteiger partial charge in [-0.25, -0.2) is 0 Å². The van der Waals surface area contributed by atoms with Crippen molar-refractivity contribution in [2.24, 2.45) is 0 Å². The molecular formula is C22H22O. The van der Waals surface area contributed by atoms with E-state index in [2.05, 4.69) is 38.1 Å². The second kappa shape index (κ2) is 5.49. The van der Waals surface area contributed by atoms with Gasteiger partial charge in [0.05, 0.1) is 0 Å². The first-order valence-electron chi connectivity index (χ1n) is 8.75. The molecule has 0 bridgehead atoms. The molecule has 116 valence electrons. The van der Waals surface area contributed by atoms with Crippen molar-refractivity contribution in [2.45, 2.75) is 45.4 Å². The molecule has 0 fully saturated rings. The van der Waals surface area contributed by atoms with E-state index >= 15 is 0 Å². The van der Waals surface area contributed by atoms with E-state index in [-0.39, 0.29) is 5.78 Å². The molecule has 0 aromatic heterocycles. The largest absolute Gasteiger partial charge is 0.289 e. The van der Waals surface area contributed by atoms with E-state index in [1.54, 1.807) is 0 Å². The number of hydrogen-bond acceptors (Lipinski definition) is 1. The van der Waals surface area contributed by atoms with Gasteiger partial charge in [-0.1, -0.05) is 55.8 Å². The lowest BCUT2D eigenvalue weighted by atomic mass is 9.77. The molecule has 1 heteroatoms. The number of carbonyl (C=O) groups excluding carboxylic acids is 1. The Balaban J connectivity index is 2.25. The van der Waals surface area contributed by atoms with Crippen LogP contribution in [0, 0.1) is 10.4 Å². The molecule has 2 aliphatic carbocycles. The Bertz CT molecular complexity index is 1010. The molecule has 2 aromatic rings. The van der Waals surface area contributed by atoms with E-state index in [1.807, 2.05) is 18.2 Å². The van der Waals surface area contributed by atoms with E-state index in [4.69, 9.17) is 0 Å². The van der Waals surface area contributed by atoms with Crippen molar-refractivity contribution in [1.82, 2.24) is 0 Å². The summed E-state index contributed by atoms with van der Waals surface area (Å²) < 4.78 is 0. The molecule has 1 unspecified atom stereocenters. The molecule has 1 nitrogen and oxygen atoms in total. The highest BCUT2D eigenvalue weighted by Gasteiger charge is 2.25. The zero-order valence-corrected chi connectivity index (χ0v) is 13.9. The average Bonchev–Trinajstić information content (AvgIpc) is 2.60. The molecule has 1 atom stereocenters. The van der Waals surface area contributed by atoms with Crippen molar-refractivity contribution in [3.8, 4) is 0 Å². The number of rotatable bonds is 2. The summed E-state index contributed by atoms with van der Waals surface area (Å²) in [6.45, 7) is 4.48. The van der Waals surface area contributed by atoms with Crippen LogP contribution in [0.1, 0.15) is 61.4 Å². The lowest BCUT2D eigenvalue weighted by molar-refractivity contribution is 0.105. The first-order valence-corrected chi connectivity index (χ1v) is 8.75. The fourth-order valence-corrected chi connectivity index (χ4v) is 4.33. The van der Waals surface area contributed by atoms with E-state index in [9.17, 15) is 4.79 Å². The van der Waals surface area contributed by atoms with Gasteiger partial charge in [-0.15, -0.1) is 0 Å². The van der Waals surface area contributed by atoms with E-state index in [0.29, 0.717) is 5.92 Å². The van der Waals surface area contributed by atoms with Crippen molar-refractivity contribution in [2.75, 3.05) is 0 Å². The van der Waals surface area contributed by atoms with Crippen molar-refractivity contribution in [1.29, 1.82) is 0 Å². The van der Waals surface area contributed by atoms with Gasteiger partial charge in [0.25, 0.3) is 0 Å². The Hall–Kier alpha value is -2.15. The Kier molecular flexibility index (Phi) is 3.45. The van der Waals surface area contributed by atoms with Crippen LogP contribution < -0.4 is 10.4 Å². The highest BCUT2D eigenvalue weighted by Crippen LogP contribution is 2.33. The van der Waals surface area contributed by atoms with Crippen LogP contribution in [-0.2, 0) is 0 Å². The molecule has 0 amide bonds. The quantitative estimate of drug-likeness (QED) is 0.824. The molecule has 0 saturated carbocycles. The Morgan fingerprint density at radius 1 is 1.00 bits per heavy atom. The fraction of sp³-hybridized carbons (Fsp3) is 0.318. The second-order valence-corrected chi connectivity index (χ2v) is 6.65. The molecule has 0 N–H and O–H groups in total. The van der Waals surface area contributed by atoms with Crippen molar-refractivity contribution in [3.63, 3.8) is 0 Å². The van der Waals surface area contributed by atoms with Gasteiger partial charge in [-0.2, -0.15) is 0 Å². The van der Waals surface area contributed by atoms with Gasteiger partial charge in [0, 0.05) is 5.56 Å². The predicted octanol–water partition coefficient (Wildman–Crippen LogP) is 3.80. The molecule has 23 heavy (non-hydrogen) atoms. The number of fused-ring (bicyclic) bond motifs is 4. The lowest BCUT2D eigenvalue weighted by Crippen LogP contribution is -2.27. The number of Topliss-reactive ketones (excluding diaryl/α,β-unsaturated/α-hetero) is 1. The lowest BCUT2D eigenvalue weighted by Gasteiger charge is -2.26. The summed E-state index contributed by atoms with van der Waals surface area (Å²) in [5, 5.41) is 4.73. The van der Waals surface area contributed by atoms with E-state index in [0.717, 1.165) is 28.8 Å². The first-order chi connectivity index (χ1) is 11.2. The molecule has 0 aliphatic heterocycles. The number of hydrogen-bond donors (Lipinski definition) is 0. The van der Waals surface area contributed by atoms with Crippen LogP contribution in [0.15, 0.2) is 36.4 Å². The molecule has 0 heterocycles. The second-order valence-electron chi connectivity index (χ2n) is 6.65. The summed E-state index contributed by atoms with van der Waals surface area (Å²) in [4.78, 5) is 12.9. The normalized spacial score (nSPS) is 18.8. The summed E-state index contributed by atoms with van der Waals surface area (Å²) in [6.07, 6.45) is 6.37. The van der Waals surface area contributed by atoms with E-state index < -0.39 is 0 Å². The number of benzene rings is 2. The molecule has 0 spiro atoms. The zero-order valence-electron chi connectivity index (χ0n) is 13.9. The standard InChI is InChI=1S/C22H22O/c1-3-14-9-10-15(4-2)21-18(14)11-12-19-17-8-6-5-7-16(17)13-20(23)22(19)21/h5-8,11-13,15H,3-4,9-10H2,1-2H3. The Labute approximate surface area is 136 Å². The highest BCUT2D eigenvalue weighted by molar-refractivity contribution is 6.19. The molecular weight excluding hydrogens is 280 g/mol. The summed E-state index contributed by atoms with van der Waals surface area (Å²) >= 11 is 0. The van der Waals surface area contributed by atoms with Crippen LogP contribution in [0.2, 0.25) is 0 Å². The smallest absolute Gasteiger partial charge is 0.187 e. The van der Waals surface area contributed by atoms with Crippen LogP contribution >= 0.6 is 0 Å². The van der Waals surface area contributed by atoms with Crippen molar-refractivity contribution in [3.05, 3.63) is 68.4 Å².